The maximum Gasteiger partial charge on any atom is 0.296 e. The molecule has 0 spiro atoms. The lowest BCUT2D eigenvalue weighted by molar-refractivity contribution is 0.101. The Bertz CT molecular complexity index is 581. The van der Waals surface area contributed by atoms with Crippen LogP contribution in [0.25, 0.3) is 0 Å². The number of nitrogens with zero attached hydrogens (tertiary/aromatic N) is 3. The van der Waals surface area contributed by atoms with Gasteiger partial charge in [0.1, 0.15) is 11.6 Å². The summed E-state index contributed by atoms with van der Waals surface area (Å²) in [6.07, 6.45) is 2.34. The Kier molecular flexibility index (Phi) is 3.71. The summed E-state index contributed by atoms with van der Waals surface area (Å²) in [5, 5.41) is 9.18. The van der Waals surface area contributed by atoms with Crippen LogP contribution in [-0.4, -0.2) is 26.1 Å². The van der Waals surface area contributed by atoms with Crippen molar-refractivity contribution in [3.05, 3.63) is 33.9 Å². The fourth-order valence-electron chi connectivity index (χ4n) is 1.33. The Morgan fingerprint density at radius 1 is 1.56 bits per heavy atom. The van der Waals surface area contributed by atoms with Gasteiger partial charge in [-0.1, -0.05) is 6.92 Å². The summed E-state index contributed by atoms with van der Waals surface area (Å²) in [5.41, 5.74) is 0.990. The van der Waals surface area contributed by atoms with Gasteiger partial charge in [-0.2, -0.15) is 0 Å². The molecule has 0 aliphatic heterocycles. The number of anilines is 1. The molecule has 6 nitrogen and oxygen atoms in total. The fourth-order valence-corrected chi connectivity index (χ4v) is 1.55. The van der Waals surface area contributed by atoms with Gasteiger partial charge in [0.15, 0.2) is 0 Å². The second-order valence-electron chi connectivity index (χ2n) is 3.73. The van der Waals surface area contributed by atoms with Crippen LogP contribution in [-0.2, 0) is 6.42 Å². The molecule has 2 N–H and O–H groups in total. The first-order valence-corrected chi connectivity index (χ1v) is 6.24. The number of nitrogens with one attached hydrogen (secondary N) is 2. The molecule has 7 heteroatoms. The van der Waals surface area contributed by atoms with Gasteiger partial charge in [-0.25, -0.2) is 9.97 Å². The number of hydrogen-bond donors (Lipinski definition) is 2. The monoisotopic (exact) mass is 309 g/mol. The number of aryl methyl sites for hydroxylation is 2. The molecule has 0 aliphatic rings. The molecule has 1 amide bonds. The van der Waals surface area contributed by atoms with Crippen molar-refractivity contribution in [3.8, 4) is 0 Å². The SMILES string of the molecule is CCc1nc(C(=O)Nc2cc(C)c(Br)cn2)n[nH]1. The minimum absolute atomic E-state index is 0.120. The number of carbonyl (C=O) groups is 1. The zero-order valence-corrected chi connectivity index (χ0v) is 11.6. The number of halogens is 1. The summed E-state index contributed by atoms with van der Waals surface area (Å²) >= 11 is 3.35. The molecule has 94 valence electrons. The third-order valence-electron chi connectivity index (χ3n) is 2.36. The zero-order chi connectivity index (χ0) is 13.1. The van der Waals surface area contributed by atoms with Crippen molar-refractivity contribution >= 4 is 27.7 Å². The number of aromatic amines is 1. The highest BCUT2D eigenvalue weighted by atomic mass is 79.9. The van der Waals surface area contributed by atoms with Crippen LogP contribution in [0.1, 0.15) is 28.9 Å². The molecule has 0 saturated heterocycles. The molecular weight excluding hydrogens is 298 g/mol. The van der Waals surface area contributed by atoms with E-state index in [2.05, 4.69) is 41.4 Å². The average Bonchev–Trinajstić information content (AvgIpc) is 2.82. The van der Waals surface area contributed by atoms with Crippen LogP contribution in [0.2, 0.25) is 0 Å². The van der Waals surface area contributed by atoms with E-state index >= 15 is 0 Å². The van der Waals surface area contributed by atoms with E-state index in [1.165, 1.54) is 0 Å². The molecule has 0 atom stereocenters. The van der Waals surface area contributed by atoms with Crippen LogP contribution in [0.4, 0.5) is 5.82 Å². The number of hydrogen-bond acceptors (Lipinski definition) is 4. The zero-order valence-electron chi connectivity index (χ0n) is 9.99. The van der Waals surface area contributed by atoms with Crippen molar-refractivity contribution in [3.63, 3.8) is 0 Å². The summed E-state index contributed by atoms with van der Waals surface area (Å²) in [6, 6.07) is 1.77. The van der Waals surface area contributed by atoms with E-state index in [4.69, 9.17) is 0 Å². The van der Waals surface area contributed by atoms with Gasteiger partial charge < -0.3 is 5.32 Å². The number of pyridine rings is 1. The second kappa shape index (κ2) is 5.26. The van der Waals surface area contributed by atoms with E-state index in [9.17, 15) is 4.79 Å². The molecule has 0 radical (unpaired) electrons. The van der Waals surface area contributed by atoms with Crippen molar-refractivity contribution in [2.24, 2.45) is 0 Å². The number of rotatable bonds is 3. The van der Waals surface area contributed by atoms with E-state index in [1.54, 1.807) is 12.3 Å². The molecular formula is C11H12BrN5O. The predicted molar refractivity (Wildman–Crippen MR) is 70.4 cm³/mol. The van der Waals surface area contributed by atoms with Crippen molar-refractivity contribution in [2.75, 3.05) is 5.32 Å². The third kappa shape index (κ3) is 2.73. The molecule has 18 heavy (non-hydrogen) atoms. The molecule has 2 aromatic rings. The van der Waals surface area contributed by atoms with Gasteiger partial charge in [0.25, 0.3) is 5.91 Å². The molecule has 2 rings (SSSR count). The van der Waals surface area contributed by atoms with Gasteiger partial charge >= 0.3 is 0 Å². The third-order valence-corrected chi connectivity index (χ3v) is 3.19. The van der Waals surface area contributed by atoms with E-state index in [-0.39, 0.29) is 11.7 Å². The topological polar surface area (TPSA) is 83.6 Å². The molecule has 2 heterocycles. The number of carbonyl (C=O) groups excluding carboxylic acids is 1. The summed E-state index contributed by atoms with van der Waals surface area (Å²) in [6.45, 7) is 3.85. The average molecular weight is 310 g/mol. The molecule has 0 aliphatic carbocycles. The van der Waals surface area contributed by atoms with Gasteiger partial charge in [-0.05, 0) is 34.5 Å². The maximum absolute atomic E-state index is 11.8. The minimum Gasteiger partial charge on any atom is -0.304 e. The fraction of sp³-hybridized carbons (Fsp3) is 0.273. The predicted octanol–water partition coefficient (Wildman–Crippen LogP) is 2.09. The van der Waals surface area contributed by atoms with E-state index in [0.717, 1.165) is 10.0 Å². The lowest BCUT2D eigenvalue weighted by atomic mass is 10.3. The molecule has 0 fully saturated rings. The standard InChI is InChI=1S/C11H12BrN5O/c1-3-8-14-10(17-16-8)11(18)15-9-4-6(2)7(12)5-13-9/h4-5H,3H2,1-2H3,(H,13,15,18)(H,14,16,17). The number of amides is 1. The summed E-state index contributed by atoms with van der Waals surface area (Å²) in [5.74, 6) is 0.901. The Balaban J connectivity index is 2.13. The summed E-state index contributed by atoms with van der Waals surface area (Å²) in [7, 11) is 0. The molecule has 0 aromatic carbocycles. The highest BCUT2D eigenvalue weighted by Crippen LogP contribution is 2.17. The van der Waals surface area contributed by atoms with Crippen LogP contribution >= 0.6 is 15.9 Å². The Hall–Kier alpha value is -1.76. The van der Waals surface area contributed by atoms with E-state index in [1.807, 2.05) is 13.8 Å². The van der Waals surface area contributed by atoms with Gasteiger partial charge in [0.2, 0.25) is 5.82 Å². The second-order valence-corrected chi connectivity index (χ2v) is 4.59. The Morgan fingerprint density at radius 3 is 2.94 bits per heavy atom. The summed E-state index contributed by atoms with van der Waals surface area (Å²) < 4.78 is 0.895. The van der Waals surface area contributed by atoms with Gasteiger partial charge in [-0.15, -0.1) is 5.10 Å². The van der Waals surface area contributed by atoms with Gasteiger partial charge in [0, 0.05) is 17.1 Å². The lowest BCUT2D eigenvalue weighted by Gasteiger charge is -2.03. The van der Waals surface area contributed by atoms with Crippen LogP contribution in [0.15, 0.2) is 16.7 Å². The Morgan fingerprint density at radius 2 is 2.33 bits per heavy atom. The van der Waals surface area contributed by atoms with Crippen molar-refractivity contribution < 1.29 is 4.79 Å². The van der Waals surface area contributed by atoms with Crippen molar-refractivity contribution in [1.82, 2.24) is 20.2 Å². The first-order valence-electron chi connectivity index (χ1n) is 5.45. The summed E-state index contributed by atoms with van der Waals surface area (Å²) in [4.78, 5) is 20.0. The quantitative estimate of drug-likeness (QED) is 0.909. The van der Waals surface area contributed by atoms with E-state index in [0.29, 0.717) is 18.1 Å². The minimum atomic E-state index is -0.375. The maximum atomic E-state index is 11.8. The molecule has 0 bridgehead atoms. The normalized spacial score (nSPS) is 10.4. The number of H-pyrrole nitrogens is 1. The smallest absolute Gasteiger partial charge is 0.296 e. The highest BCUT2D eigenvalue weighted by Gasteiger charge is 2.12. The first kappa shape index (κ1) is 12.7. The highest BCUT2D eigenvalue weighted by molar-refractivity contribution is 9.10. The lowest BCUT2D eigenvalue weighted by Crippen LogP contribution is -2.14. The van der Waals surface area contributed by atoms with Crippen molar-refractivity contribution in [1.29, 1.82) is 0 Å². The number of aromatic nitrogens is 4. The van der Waals surface area contributed by atoms with Crippen LogP contribution in [0.5, 0.6) is 0 Å². The van der Waals surface area contributed by atoms with Crippen LogP contribution < -0.4 is 5.32 Å². The Labute approximate surface area is 112 Å². The van der Waals surface area contributed by atoms with E-state index < -0.39 is 0 Å². The van der Waals surface area contributed by atoms with Gasteiger partial charge in [-0.3, -0.25) is 9.89 Å². The molecule has 0 unspecified atom stereocenters. The largest absolute Gasteiger partial charge is 0.304 e. The van der Waals surface area contributed by atoms with Crippen LogP contribution in [0.3, 0.4) is 0 Å². The molecule has 0 saturated carbocycles. The van der Waals surface area contributed by atoms with Crippen molar-refractivity contribution in [2.45, 2.75) is 20.3 Å². The van der Waals surface area contributed by atoms with Gasteiger partial charge in [0.05, 0.1) is 0 Å². The molecule has 2 aromatic heterocycles. The van der Waals surface area contributed by atoms with Crippen LogP contribution in [0, 0.1) is 6.92 Å². The first-order chi connectivity index (χ1) is 8.60.